The summed E-state index contributed by atoms with van der Waals surface area (Å²) >= 11 is 3.05. The lowest BCUT2D eigenvalue weighted by atomic mass is 9.96. The maximum absolute atomic E-state index is 12.4. The fraction of sp³-hybridized carbons (Fsp3) is 0.619. The van der Waals surface area contributed by atoms with E-state index >= 15 is 0 Å². The van der Waals surface area contributed by atoms with Gasteiger partial charge in [-0.2, -0.15) is 0 Å². The summed E-state index contributed by atoms with van der Waals surface area (Å²) in [5.41, 5.74) is 0.700. The zero-order valence-electron chi connectivity index (χ0n) is 17.5. The monoisotopic (exact) mass is 447 g/mol. The number of hydrogen-bond donors (Lipinski definition) is 2. The molecule has 1 aliphatic heterocycles. The highest BCUT2D eigenvalue weighted by Crippen LogP contribution is 2.43. The molecule has 2 atom stereocenters. The lowest BCUT2D eigenvalue weighted by molar-refractivity contribution is -0.117. The molecule has 1 aliphatic carbocycles. The molecule has 162 valence electrons. The number of rotatable bonds is 9. The number of carbonyl (C=O) groups is 2. The maximum Gasteiger partial charge on any atom is 0.258 e. The van der Waals surface area contributed by atoms with E-state index in [9.17, 15) is 9.59 Å². The number of hydrogen-bond acceptors (Lipinski definition) is 8. The number of nitrogens with one attached hydrogen (secondary N) is 2. The Morgan fingerprint density at radius 3 is 2.77 bits per heavy atom. The number of carbonyl (C=O) groups excluding carboxylic acids is 2. The minimum absolute atomic E-state index is 0.115. The summed E-state index contributed by atoms with van der Waals surface area (Å²) in [6.45, 7) is 7.72. The van der Waals surface area contributed by atoms with Gasteiger partial charge in [0.2, 0.25) is 5.13 Å². The largest absolute Gasteiger partial charge is 0.313 e. The first kappa shape index (κ1) is 21.5. The van der Waals surface area contributed by atoms with Gasteiger partial charge < -0.3 is 10.2 Å². The van der Waals surface area contributed by atoms with E-state index in [0.29, 0.717) is 29.1 Å². The molecule has 1 saturated carbocycles. The fourth-order valence-electron chi connectivity index (χ4n) is 3.97. The van der Waals surface area contributed by atoms with Crippen molar-refractivity contribution in [2.75, 3.05) is 31.5 Å². The Morgan fingerprint density at radius 1 is 1.27 bits per heavy atom. The van der Waals surface area contributed by atoms with E-state index in [-0.39, 0.29) is 11.7 Å². The first-order valence-corrected chi connectivity index (χ1v) is 12.3. The van der Waals surface area contributed by atoms with E-state index < -0.39 is 0 Å². The third-order valence-corrected chi connectivity index (χ3v) is 7.76. The summed E-state index contributed by atoms with van der Waals surface area (Å²) in [6.07, 6.45) is 4.23. The van der Waals surface area contributed by atoms with Crippen molar-refractivity contribution < 1.29 is 9.59 Å². The van der Waals surface area contributed by atoms with Gasteiger partial charge in [0, 0.05) is 35.2 Å². The Bertz CT molecular complexity index is 888. The molecule has 30 heavy (non-hydrogen) atoms. The van der Waals surface area contributed by atoms with Crippen LogP contribution in [0.15, 0.2) is 11.4 Å². The van der Waals surface area contributed by atoms with Crippen molar-refractivity contribution in [3.8, 4) is 0 Å². The second kappa shape index (κ2) is 9.64. The molecular weight excluding hydrogens is 418 g/mol. The molecule has 0 radical (unpaired) electrons. The van der Waals surface area contributed by atoms with E-state index in [1.165, 1.54) is 29.1 Å². The Hall–Kier alpha value is -1.68. The van der Waals surface area contributed by atoms with Gasteiger partial charge in [-0.3, -0.25) is 14.9 Å². The molecule has 9 heteroatoms. The lowest BCUT2D eigenvalue weighted by Crippen LogP contribution is -2.38. The summed E-state index contributed by atoms with van der Waals surface area (Å²) in [7, 11) is 0. The minimum atomic E-state index is -0.115. The number of anilines is 1. The topological polar surface area (TPSA) is 87.2 Å². The van der Waals surface area contributed by atoms with Crippen molar-refractivity contribution in [3.63, 3.8) is 0 Å². The van der Waals surface area contributed by atoms with Gasteiger partial charge in [-0.05, 0) is 64.7 Å². The Labute approximate surface area is 185 Å². The second-order valence-corrected chi connectivity index (χ2v) is 10.5. The first-order chi connectivity index (χ1) is 14.5. The summed E-state index contributed by atoms with van der Waals surface area (Å²) in [6, 6.07) is 2.55. The van der Waals surface area contributed by atoms with Crippen LogP contribution >= 0.6 is 22.7 Å². The van der Waals surface area contributed by atoms with Gasteiger partial charge in [0.05, 0.1) is 5.56 Å². The number of nitrogens with zero attached hydrogens (tertiary/aromatic N) is 3. The van der Waals surface area contributed by atoms with Crippen molar-refractivity contribution in [2.24, 2.45) is 5.92 Å². The van der Waals surface area contributed by atoms with Crippen molar-refractivity contribution >= 4 is 39.5 Å². The molecule has 0 bridgehead atoms. The number of thiophene rings is 1. The van der Waals surface area contributed by atoms with Gasteiger partial charge in [0.25, 0.3) is 5.91 Å². The number of aromatic nitrogens is 2. The second-order valence-electron chi connectivity index (χ2n) is 8.41. The number of ketones is 1. The molecule has 2 aliphatic rings. The third kappa shape index (κ3) is 5.72. The van der Waals surface area contributed by atoms with Crippen LogP contribution in [-0.4, -0.2) is 59.0 Å². The smallest absolute Gasteiger partial charge is 0.258 e. The predicted molar refractivity (Wildman–Crippen MR) is 121 cm³/mol. The molecule has 2 aromatic rings. The summed E-state index contributed by atoms with van der Waals surface area (Å²) in [5, 5.41) is 17.8. The molecule has 1 amide bonds. The Kier molecular flexibility index (Phi) is 6.92. The zero-order valence-corrected chi connectivity index (χ0v) is 19.2. The third-order valence-electron chi connectivity index (χ3n) is 5.94. The average molecular weight is 448 g/mol. The van der Waals surface area contributed by atoms with Crippen LogP contribution in [0.4, 0.5) is 5.13 Å². The number of piperidine rings is 1. The summed E-state index contributed by atoms with van der Waals surface area (Å²) in [5.74, 6) is 1.41. The summed E-state index contributed by atoms with van der Waals surface area (Å²) < 4.78 is 0. The van der Waals surface area contributed by atoms with Crippen LogP contribution in [0.5, 0.6) is 0 Å². The van der Waals surface area contributed by atoms with Crippen LogP contribution in [-0.2, 0) is 4.79 Å². The van der Waals surface area contributed by atoms with Crippen molar-refractivity contribution in [3.05, 3.63) is 26.9 Å². The van der Waals surface area contributed by atoms with Gasteiger partial charge in [0.15, 0.2) is 0 Å². The molecule has 0 aromatic carbocycles. The van der Waals surface area contributed by atoms with Crippen LogP contribution in [0.2, 0.25) is 0 Å². The standard InChI is InChI=1S/C21H29N5O2S2/c1-13(27)3-6-26-7-4-15(5-8-26)11-22-18-10-17(18)19-9-16(12-29-19)20(28)23-21-25-24-14(2)30-21/h9,12,15,17-18,22H,3-8,10-11H2,1-2H3,(H,23,25,28)/t17-,18?/m1/s1. The number of amides is 1. The Balaban J connectivity index is 1.18. The van der Waals surface area contributed by atoms with E-state index in [2.05, 4.69) is 25.7 Å². The molecule has 2 aromatic heterocycles. The lowest BCUT2D eigenvalue weighted by Gasteiger charge is -2.31. The van der Waals surface area contributed by atoms with Crippen LogP contribution in [0.1, 0.15) is 58.8 Å². The van der Waals surface area contributed by atoms with Crippen molar-refractivity contribution in [1.82, 2.24) is 20.4 Å². The van der Waals surface area contributed by atoms with E-state index in [1.807, 2.05) is 18.4 Å². The zero-order chi connectivity index (χ0) is 21.1. The molecule has 2 fully saturated rings. The van der Waals surface area contributed by atoms with Crippen LogP contribution in [0.3, 0.4) is 0 Å². The fourth-order valence-corrected chi connectivity index (χ4v) is 5.62. The molecular formula is C21H29N5O2S2. The first-order valence-electron chi connectivity index (χ1n) is 10.6. The molecule has 1 unspecified atom stereocenters. The van der Waals surface area contributed by atoms with Gasteiger partial charge in [-0.15, -0.1) is 21.5 Å². The van der Waals surface area contributed by atoms with E-state index in [0.717, 1.165) is 43.5 Å². The highest BCUT2D eigenvalue weighted by molar-refractivity contribution is 7.15. The maximum atomic E-state index is 12.4. The van der Waals surface area contributed by atoms with E-state index in [1.54, 1.807) is 18.3 Å². The van der Waals surface area contributed by atoms with Crippen LogP contribution < -0.4 is 10.6 Å². The molecule has 2 N–H and O–H groups in total. The minimum Gasteiger partial charge on any atom is -0.313 e. The SMILES string of the molecule is CC(=O)CCN1CCC(CNC2C[C@H]2c2cc(C(=O)Nc3nnc(C)s3)cs2)CC1. The molecule has 1 saturated heterocycles. The van der Waals surface area contributed by atoms with Crippen molar-refractivity contribution in [1.29, 1.82) is 0 Å². The number of likely N-dealkylation sites (tertiary alicyclic amines) is 1. The van der Waals surface area contributed by atoms with Crippen LogP contribution in [0.25, 0.3) is 0 Å². The highest BCUT2D eigenvalue weighted by atomic mass is 32.1. The molecule has 0 spiro atoms. The average Bonchev–Trinajstić information content (AvgIpc) is 3.12. The van der Waals surface area contributed by atoms with Gasteiger partial charge in [-0.25, -0.2) is 0 Å². The number of Topliss-reactive ketones (excluding diaryl/α,β-unsaturated/α-hetero) is 1. The molecule has 4 rings (SSSR count). The van der Waals surface area contributed by atoms with Gasteiger partial charge in [0.1, 0.15) is 10.8 Å². The molecule has 3 heterocycles. The van der Waals surface area contributed by atoms with E-state index in [4.69, 9.17) is 0 Å². The van der Waals surface area contributed by atoms with Gasteiger partial charge in [-0.1, -0.05) is 11.3 Å². The normalized spacial score (nSPS) is 22.2. The number of aryl methyl sites for hydroxylation is 1. The van der Waals surface area contributed by atoms with Crippen molar-refractivity contribution in [2.45, 2.75) is 51.5 Å². The molecule has 7 nitrogen and oxygen atoms in total. The van der Waals surface area contributed by atoms with Gasteiger partial charge >= 0.3 is 0 Å². The van der Waals surface area contributed by atoms with Crippen LogP contribution in [0, 0.1) is 12.8 Å². The summed E-state index contributed by atoms with van der Waals surface area (Å²) in [4.78, 5) is 27.2. The Morgan fingerprint density at radius 2 is 2.07 bits per heavy atom. The quantitative estimate of drug-likeness (QED) is 0.613. The predicted octanol–water partition coefficient (Wildman–Crippen LogP) is 3.30. The highest BCUT2D eigenvalue weighted by Gasteiger charge is 2.39.